The van der Waals surface area contributed by atoms with E-state index in [1.807, 2.05) is 30.6 Å². The minimum atomic E-state index is 0. The number of hydrogen-bond acceptors (Lipinski definition) is 4. The first-order chi connectivity index (χ1) is 10.3. The third-order valence-electron chi connectivity index (χ3n) is 2.98. The minimum absolute atomic E-state index is 0. The van der Waals surface area contributed by atoms with Crippen LogP contribution in [0, 0.1) is 0 Å². The molecule has 0 saturated heterocycles. The van der Waals surface area contributed by atoms with Gasteiger partial charge in [0.25, 0.3) is 0 Å². The third-order valence-corrected chi connectivity index (χ3v) is 4.12. The summed E-state index contributed by atoms with van der Waals surface area (Å²) in [5.41, 5.74) is 1.08. The molecule has 0 saturated carbocycles. The standard InChI is InChI=1S/C15H21N5S.HI/c1-3-13-10-19-14(21-13)11-20-15(16-2)18-9-7-12-6-4-5-8-17-12;/h4-6,8,10H,3,7,9,11H2,1-2H3,(H2,16,18,20);1H. The molecule has 2 N–H and O–H groups in total. The van der Waals surface area contributed by atoms with E-state index in [9.17, 15) is 0 Å². The molecule has 2 rings (SSSR count). The summed E-state index contributed by atoms with van der Waals surface area (Å²) < 4.78 is 0. The van der Waals surface area contributed by atoms with E-state index in [-0.39, 0.29) is 24.0 Å². The van der Waals surface area contributed by atoms with Crippen LogP contribution >= 0.6 is 35.3 Å². The van der Waals surface area contributed by atoms with E-state index in [2.05, 4.69) is 32.5 Å². The molecule has 0 fully saturated rings. The highest BCUT2D eigenvalue weighted by molar-refractivity contribution is 14.0. The van der Waals surface area contributed by atoms with Gasteiger partial charge in [0.2, 0.25) is 0 Å². The Morgan fingerprint density at radius 3 is 2.77 bits per heavy atom. The van der Waals surface area contributed by atoms with Crippen LogP contribution in [0.1, 0.15) is 22.5 Å². The van der Waals surface area contributed by atoms with Gasteiger partial charge in [0.05, 0.1) is 6.54 Å². The summed E-state index contributed by atoms with van der Waals surface area (Å²) in [5.74, 6) is 0.791. The third kappa shape index (κ3) is 6.27. The van der Waals surface area contributed by atoms with Crippen LogP contribution < -0.4 is 10.6 Å². The van der Waals surface area contributed by atoms with Crippen molar-refractivity contribution in [2.75, 3.05) is 13.6 Å². The number of thiazole rings is 1. The van der Waals surface area contributed by atoms with Gasteiger partial charge in [-0.3, -0.25) is 9.98 Å². The lowest BCUT2D eigenvalue weighted by molar-refractivity contribution is 0.782. The highest BCUT2D eigenvalue weighted by Gasteiger charge is 2.02. The van der Waals surface area contributed by atoms with E-state index in [1.54, 1.807) is 18.4 Å². The molecule has 0 aliphatic heterocycles. The van der Waals surface area contributed by atoms with Crippen LogP contribution in [0.2, 0.25) is 0 Å². The number of aryl methyl sites for hydroxylation is 1. The highest BCUT2D eigenvalue weighted by atomic mass is 127. The molecule has 0 amide bonds. The Labute approximate surface area is 152 Å². The van der Waals surface area contributed by atoms with Gasteiger partial charge in [0, 0.05) is 43.0 Å². The summed E-state index contributed by atoms with van der Waals surface area (Å²) >= 11 is 1.74. The van der Waals surface area contributed by atoms with E-state index >= 15 is 0 Å². The predicted octanol–water partition coefficient (Wildman–Crippen LogP) is 2.63. The molecule has 2 aromatic rings. The van der Waals surface area contributed by atoms with Gasteiger partial charge in [0.15, 0.2) is 5.96 Å². The van der Waals surface area contributed by atoms with Crippen LogP contribution in [-0.4, -0.2) is 29.5 Å². The largest absolute Gasteiger partial charge is 0.356 e. The van der Waals surface area contributed by atoms with E-state index in [1.165, 1.54) is 4.88 Å². The molecule has 120 valence electrons. The van der Waals surface area contributed by atoms with Crippen molar-refractivity contribution in [1.82, 2.24) is 20.6 Å². The summed E-state index contributed by atoms with van der Waals surface area (Å²) in [6.45, 7) is 3.64. The van der Waals surface area contributed by atoms with Crippen LogP contribution in [0.4, 0.5) is 0 Å². The maximum atomic E-state index is 4.38. The van der Waals surface area contributed by atoms with Gasteiger partial charge < -0.3 is 10.6 Å². The number of nitrogens with zero attached hydrogens (tertiary/aromatic N) is 3. The number of rotatable bonds is 6. The minimum Gasteiger partial charge on any atom is -0.356 e. The monoisotopic (exact) mass is 431 g/mol. The average molecular weight is 431 g/mol. The Bertz CT molecular complexity index is 570. The molecule has 0 atom stereocenters. The van der Waals surface area contributed by atoms with Crippen molar-refractivity contribution in [2.45, 2.75) is 26.3 Å². The number of nitrogens with one attached hydrogen (secondary N) is 2. The van der Waals surface area contributed by atoms with Crippen molar-refractivity contribution in [3.63, 3.8) is 0 Å². The predicted molar refractivity (Wildman–Crippen MR) is 103 cm³/mol. The van der Waals surface area contributed by atoms with Crippen LogP contribution in [0.3, 0.4) is 0 Å². The van der Waals surface area contributed by atoms with Gasteiger partial charge in [-0.2, -0.15) is 0 Å². The number of halogens is 1. The molecule has 0 radical (unpaired) electrons. The van der Waals surface area contributed by atoms with Gasteiger partial charge >= 0.3 is 0 Å². The lowest BCUT2D eigenvalue weighted by Crippen LogP contribution is -2.37. The van der Waals surface area contributed by atoms with Crippen LogP contribution in [0.25, 0.3) is 0 Å². The lowest BCUT2D eigenvalue weighted by atomic mass is 10.3. The van der Waals surface area contributed by atoms with Crippen molar-refractivity contribution in [1.29, 1.82) is 0 Å². The molecular weight excluding hydrogens is 409 g/mol. The SMILES string of the molecule is CCc1cnc(CNC(=NC)NCCc2ccccn2)s1.I. The van der Waals surface area contributed by atoms with E-state index in [4.69, 9.17) is 0 Å². The molecule has 0 aliphatic rings. The molecule has 2 heterocycles. The quantitative estimate of drug-likeness (QED) is 0.420. The molecule has 22 heavy (non-hydrogen) atoms. The first-order valence-electron chi connectivity index (χ1n) is 7.09. The van der Waals surface area contributed by atoms with Gasteiger partial charge in [-0.1, -0.05) is 13.0 Å². The number of pyridine rings is 1. The Morgan fingerprint density at radius 1 is 1.27 bits per heavy atom. The molecule has 0 aliphatic carbocycles. The van der Waals surface area contributed by atoms with Crippen LogP contribution in [-0.2, 0) is 19.4 Å². The van der Waals surface area contributed by atoms with Crippen LogP contribution in [0.15, 0.2) is 35.6 Å². The number of guanidine groups is 1. The maximum absolute atomic E-state index is 4.38. The summed E-state index contributed by atoms with van der Waals surface area (Å²) in [4.78, 5) is 14.2. The molecule has 0 unspecified atom stereocenters. The van der Waals surface area contributed by atoms with Crippen molar-refractivity contribution in [2.24, 2.45) is 4.99 Å². The smallest absolute Gasteiger partial charge is 0.191 e. The average Bonchev–Trinajstić information content (AvgIpc) is 3.00. The zero-order valence-corrected chi connectivity index (χ0v) is 16.0. The summed E-state index contributed by atoms with van der Waals surface area (Å²) in [7, 11) is 1.77. The highest BCUT2D eigenvalue weighted by Crippen LogP contribution is 2.12. The lowest BCUT2D eigenvalue weighted by Gasteiger charge is -2.10. The van der Waals surface area contributed by atoms with E-state index in [0.29, 0.717) is 6.54 Å². The zero-order chi connectivity index (χ0) is 14.9. The normalized spacial score (nSPS) is 10.9. The number of aromatic nitrogens is 2. The second kappa shape index (κ2) is 10.5. The second-order valence-corrected chi connectivity index (χ2v) is 5.70. The molecule has 0 spiro atoms. The molecule has 7 heteroatoms. The number of aliphatic imine (C=N–C) groups is 1. The molecular formula is C15H22IN5S. The Hall–Kier alpha value is -1.22. The second-order valence-electron chi connectivity index (χ2n) is 4.50. The van der Waals surface area contributed by atoms with Crippen molar-refractivity contribution < 1.29 is 0 Å². The molecule has 0 bridgehead atoms. The Kier molecular flexibility index (Phi) is 8.98. The Balaban J connectivity index is 0.00000242. The summed E-state index contributed by atoms with van der Waals surface area (Å²) in [6, 6.07) is 5.96. The van der Waals surface area contributed by atoms with Crippen molar-refractivity contribution >= 4 is 41.3 Å². The van der Waals surface area contributed by atoms with Gasteiger partial charge in [-0.05, 0) is 18.6 Å². The summed E-state index contributed by atoms with van der Waals surface area (Å²) in [6.07, 6.45) is 5.67. The van der Waals surface area contributed by atoms with Gasteiger partial charge in [-0.25, -0.2) is 4.98 Å². The first kappa shape index (κ1) is 18.8. The zero-order valence-electron chi connectivity index (χ0n) is 12.9. The summed E-state index contributed by atoms with van der Waals surface area (Å²) in [5, 5.41) is 7.64. The fraction of sp³-hybridized carbons (Fsp3) is 0.400. The van der Waals surface area contributed by atoms with Crippen molar-refractivity contribution in [3.8, 4) is 0 Å². The van der Waals surface area contributed by atoms with Gasteiger partial charge in [0.1, 0.15) is 5.01 Å². The topological polar surface area (TPSA) is 62.2 Å². The van der Waals surface area contributed by atoms with Gasteiger partial charge in [-0.15, -0.1) is 35.3 Å². The first-order valence-corrected chi connectivity index (χ1v) is 7.91. The van der Waals surface area contributed by atoms with Crippen molar-refractivity contribution in [3.05, 3.63) is 46.2 Å². The van der Waals surface area contributed by atoms with E-state index < -0.39 is 0 Å². The molecule has 5 nitrogen and oxygen atoms in total. The fourth-order valence-electron chi connectivity index (χ4n) is 1.83. The molecule has 2 aromatic heterocycles. The van der Waals surface area contributed by atoms with E-state index in [0.717, 1.165) is 36.0 Å². The maximum Gasteiger partial charge on any atom is 0.191 e. The van der Waals surface area contributed by atoms with Crippen LogP contribution in [0.5, 0.6) is 0 Å². The fourth-order valence-corrected chi connectivity index (χ4v) is 2.63. The Morgan fingerprint density at radius 2 is 2.14 bits per heavy atom. The number of hydrogen-bond donors (Lipinski definition) is 2. The molecule has 0 aromatic carbocycles.